The van der Waals surface area contributed by atoms with Gasteiger partial charge in [-0.2, -0.15) is 0 Å². The number of rotatable bonds is 1. The van der Waals surface area contributed by atoms with Crippen LogP contribution in [0.15, 0.2) is 48.5 Å². The van der Waals surface area contributed by atoms with Crippen LogP contribution in [-0.2, 0) is 0 Å². The van der Waals surface area contributed by atoms with Gasteiger partial charge in [0.05, 0.1) is 12.8 Å². The number of hydrogen-bond acceptors (Lipinski definition) is 3. The fraction of sp³-hybridized carbons (Fsp3) is 0.143. The van der Waals surface area contributed by atoms with E-state index >= 15 is 0 Å². The maximum atomic E-state index is 8.98. The molecule has 3 nitrogen and oxygen atoms in total. The molecule has 3 heteroatoms. The van der Waals surface area contributed by atoms with Crippen molar-refractivity contribution in [2.24, 2.45) is 0 Å². The number of ether oxygens (including phenoxy) is 1. The van der Waals surface area contributed by atoms with Crippen LogP contribution in [0, 0.1) is 6.92 Å². The Kier molecular flexibility index (Phi) is 4.88. The van der Waals surface area contributed by atoms with E-state index in [1.165, 1.54) is 0 Å². The minimum atomic E-state index is 0.162. The predicted molar refractivity (Wildman–Crippen MR) is 70.3 cm³/mol. The quantitative estimate of drug-likeness (QED) is 0.586. The normalized spacial score (nSPS) is 9.06. The molecule has 3 N–H and O–H groups in total. The molecule has 2 rings (SSSR count). The second kappa shape index (κ2) is 6.43. The Labute approximate surface area is 101 Å². The Morgan fingerprint density at radius 1 is 1.06 bits per heavy atom. The summed E-state index contributed by atoms with van der Waals surface area (Å²) in [6, 6.07) is 14.9. The van der Waals surface area contributed by atoms with Crippen molar-refractivity contribution in [3.63, 3.8) is 0 Å². The summed E-state index contributed by atoms with van der Waals surface area (Å²) in [5, 5.41) is 8.98. The van der Waals surface area contributed by atoms with Crippen LogP contribution in [0.4, 0.5) is 5.69 Å². The second-order valence-electron chi connectivity index (χ2n) is 3.58. The van der Waals surface area contributed by atoms with Gasteiger partial charge in [-0.05, 0) is 36.8 Å². The number of aryl methyl sites for hydroxylation is 1. The molecule has 90 valence electrons. The summed E-state index contributed by atoms with van der Waals surface area (Å²) in [5.41, 5.74) is 6.79. The van der Waals surface area contributed by atoms with E-state index in [1.807, 2.05) is 43.3 Å². The molecule has 0 aromatic heterocycles. The summed E-state index contributed by atoms with van der Waals surface area (Å²) < 4.78 is 4.91. The number of methoxy groups -OCH3 is 1. The molecular weight excluding hydrogens is 214 g/mol. The van der Waals surface area contributed by atoms with E-state index < -0.39 is 0 Å². The van der Waals surface area contributed by atoms with Gasteiger partial charge in [-0.1, -0.05) is 24.3 Å². The van der Waals surface area contributed by atoms with Gasteiger partial charge in [-0.15, -0.1) is 0 Å². The highest BCUT2D eigenvalue weighted by Crippen LogP contribution is 2.19. The molecule has 17 heavy (non-hydrogen) atoms. The van der Waals surface area contributed by atoms with Gasteiger partial charge in [0.1, 0.15) is 11.5 Å². The van der Waals surface area contributed by atoms with E-state index in [2.05, 4.69) is 0 Å². The first-order valence-corrected chi connectivity index (χ1v) is 5.27. The number of phenols is 1. The van der Waals surface area contributed by atoms with Gasteiger partial charge in [0.2, 0.25) is 0 Å². The Morgan fingerprint density at radius 3 is 2.12 bits per heavy atom. The maximum Gasteiger partial charge on any atom is 0.138 e. The third-order valence-corrected chi connectivity index (χ3v) is 2.16. The van der Waals surface area contributed by atoms with E-state index in [0.29, 0.717) is 5.69 Å². The first-order valence-electron chi connectivity index (χ1n) is 5.27. The number of phenolic OH excluding ortho intramolecular Hbond substituents is 1. The highest BCUT2D eigenvalue weighted by atomic mass is 16.5. The summed E-state index contributed by atoms with van der Waals surface area (Å²) in [4.78, 5) is 0. The molecule has 0 atom stereocenters. The fourth-order valence-corrected chi connectivity index (χ4v) is 1.21. The summed E-state index contributed by atoms with van der Waals surface area (Å²) >= 11 is 0. The average molecular weight is 231 g/mol. The van der Waals surface area contributed by atoms with Gasteiger partial charge in [-0.3, -0.25) is 0 Å². The lowest BCUT2D eigenvalue weighted by atomic mass is 10.2. The van der Waals surface area contributed by atoms with Crippen LogP contribution in [0.25, 0.3) is 0 Å². The maximum absolute atomic E-state index is 8.98. The first kappa shape index (κ1) is 12.9. The van der Waals surface area contributed by atoms with Crippen molar-refractivity contribution in [2.45, 2.75) is 6.92 Å². The number of nitrogens with two attached hydrogens (primary N) is 1. The summed E-state index contributed by atoms with van der Waals surface area (Å²) in [6.45, 7) is 1.90. The number of nitrogen functional groups attached to an aromatic ring is 1. The number of hydrogen-bond donors (Lipinski definition) is 2. The molecule has 0 heterocycles. The van der Waals surface area contributed by atoms with Crippen LogP contribution in [0.2, 0.25) is 0 Å². The lowest BCUT2D eigenvalue weighted by molar-refractivity contribution is 0.415. The molecular formula is C14H17NO2. The average Bonchev–Trinajstić information content (AvgIpc) is 2.36. The minimum Gasteiger partial charge on any atom is -0.506 e. The van der Waals surface area contributed by atoms with Gasteiger partial charge in [-0.25, -0.2) is 0 Å². The Bertz CT molecular complexity index is 455. The number of anilines is 1. The lowest BCUT2D eigenvalue weighted by Gasteiger charge is -1.97. The smallest absolute Gasteiger partial charge is 0.138 e. The van der Waals surface area contributed by atoms with Gasteiger partial charge >= 0.3 is 0 Å². The molecule has 0 aliphatic rings. The van der Waals surface area contributed by atoms with E-state index in [-0.39, 0.29) is 5.75 Å². The third-order valence-electron chi connectivity index (χ3n) is 2.16. The number of aromatic hydroxyl groups is 1. The Morgan fingerprint density at radius 2 is 1.71 bits per heavy atom. The monoisotopic (exact) mass is 231 g/mol. The Hall–Kier alpha value is -2.16. The molecule has 0 aliphatic carbocycles. The predicted octanol–water partition coefficient (Wildman–Crippen LogP) is 2.98. The van der Waals surface area contributed by atoms with Crippen molar-refractivity contribution in [3.05, 3.63) is 54.1 Å². The van der Waals surface area contributed by atoms with Crippen molar-refractivity contribution in [3.8, 4) is 11.5 Å². The molecule has 0 spiro atoms. The van der Waals surface area contributed by atoms with Crippen LogP contribution in [0.3, 0.4) is 0 Å². The fourth-order valence-electron chi connectivity index (χ4n) is 1.21. The molecule has 0 unspecified atom stereocenters. The Balaban J connectivity index is 0.000000171. The summed E-state index contributed by atoms with van der Waals surface area (Å²) in [7, 11) is 1.66. The molecule has 0 fully saturated rings. The zero-order valence-electron chi connectivity index (χ0n) is 10.1. The van der Waals surface area contributed by atoms with Crippen LogP contribution >= 0.6 is 0 Å². The zero-order chi connectivity index (χ0) is 12.7. The molecule has 0 aliphatic heterocycles. The molecule has 0 saturated heterocycles. The van der Waals surface area contributed by atoms with Crippen molar-refractivity contribution < 1.29 is 9.84 Å². The van der Waals surface area contributed by atoms with Gasteiger partial charge in [0.25, 0.3) is 0 Å². The van der Waals surface area contributed by atoms with Crippen LogP contribution in [-0.4, -0.2) is 12.2 Å². The highest BCUT2D eigenvalue weighted by Gasteiger charge is 1.92. The van der Waals surface area contributed by atoms with Crippen LogP contribution in [0.1, 0.15) is 5.56 Å². The van der Waals surface area contributed by atoms with Gasteiger partial charge < -0.3 is 15.6 Å². The number of para-hydroxylation sites is 1. The third kappa shape index (κ3) is 4.47. The summed E-state index contributed by atoms with van der Waals surface area (Å²) in [6.07, 6.45) is 0. The molecule has 2 aromatic carbocycles. The van der Waals surface area contributed by atoms with E-state index in [0.717, 1.165) is 11.3 Å². The van der Waals surface area contributed by atoms with Crippen molar-refractivity contribution >= 4 is 5.69 Å². The zero-order valence-corrected chi connectivity index (χ0v) is 10.1. The molecule has 2 aromatic rings. The lowest BCUT2D eigenvalue weighted by Crippen LogP contribution is -1.84. The second-order valence-corrected chi connectivity index (χ2v) is 3.58. The van der Waals surface area contributed by atoms with E-state index in [4.69, 9.17) is 15.6 Å². The first-order chi connectivity index (χ1) is 8.13. The van der Waals surface area contributed by atoms with Gasteiger partial charge in [0.15, 0.2) is 0 Å². The topological polar surface area (TPSA) is 55.5 Å². The SMILES string of the molecule is COc1ccccc1.Cc1ccc(N)c(O)c1. The van der Waals surface area contributed by atoms with Crippen LogP contribution < -0.4 is 10.5 Å². The van der Waals surface area contributed by atoms with E-state index in [9.17, 15) is 0 Å². The van der Waals surface area contributed by atoms with Crippen LogP contribution in [0.5, 0.6) is 11.5 Å². The number of benzene rings is 2. The van der Waals surface area contributed by atoms with E-state index in [1.54, 1.807) is 19.2 Å². The minimum absolute atomic E-state index is 0.162. The molecule has 0 bridgehead atoms. The van der Waals surface area contributed by atoms with Gasteiger partial charge in [0, 0.05) is 0 Å². The highest BCUT2D eigenvalue weighted by molar-refractivity contribution is 5.52. The molecule has 0 radical (unpaired) electrons. The molecule has 0 amide bonds. The summed E-state index contributed by atoms with van der Waals surface area (Å²) in [5.74, 6) is 1.07. The largest absolute Gasteiger partial charge is 0.506 e. The van der Waals surface area contributed by atoms with Crippen molar-refractivity contribution in [2.75, 3.05) is 12.8 Å². The molecule has 0 saturated carbocycles. The van der Waals surface area contributed by atoms with Crippen molar-refractivity contribution in [1.29, 1.82) is 0 Å². The van der Waals surface area contributed by atoms with Crippen molar-refractivity contribution in [1.82, 2.24) is 0 Å². The standard InChI is InChI=1S/C7H9NO.C7H8O/c1-5-2-3-6(8)7(9)4-5;1-8-7-5-3-2-4-6-7/h2-4,9H,8H2,1H3;2-6H,1H3.